The molecule has 1 aliphatic rings. The van der Waals surface area contributed by atoms with Gasteiger partial charge in [-0.05, 0) is 44.5 Å². The number of aliphatic hydroxyl groups is 1. The number of hydrogen-bond donors (Lipinski definition) is 1. The third-order valence-electron chi connectivity index (χ3n) is 5.24. The Bertz CT molecular complexity index is 1010. The molecule has 0 saturated carbocycles. The van der Waals surface area contributed by atoms with Gasteiger partial charge in [0.1, 0.15) is 11.4 Å². The van der Waals surface area contributed by atoms with Gasteiger partial charge in [-0.3, -0.25) is 4.79 Å². The van der Waals surface area contributed by atoms with Crippen LogP contribution in [-0.2, 0) is 5.60 Å². The highest BCUT2D eigenvalue weighted by Crippen LogP contribution is 2.22. The highest BCUT2D eigenvalue weighted by Gasteiger charge is 2.24. The van der Waals surface area contributed by atoms with Crippen LogP contribution in [0.5, 0.6) is 0 Å². The topological polar surface area (TPSA) is 87.4 Å². The molecule has 0 radical (unpaired) electrons. The van der Waals surface area contributed by atoms with Crippen molar-refractivity contribution in [3.8, 4) is 5.69 Å². The van der Waals surface area contributed by atoms with E-state index in [0.717, 1.165) is 18.8 Å². The quantitative estimate of drug-likeness (QED) is 0.715. The van der Waals surface area contributed by atoms with Crippen LogP contribution in [0.4, 0.5) is 5.82 Å². The lowest BCUT2D eigenvalue weighted by molar-refractivity contribution is 0.0739. The largest absolute Gasteiger partial charge is 0.384 e. The Morgan fingerprint density at radius 2 is 1.73 bits per heavy atom. The molecule has 8 heteroatoms. The number of carbonyl (C=O) groups is 1. The average molecular weight is 406 g/mol. The van der Waals surface area contributed by atoms with E-state index in [9.17, 15) is 9.90 Å². The fourth-order valence-electron chi connectivity index (χ4n) is 3.63. The zero-order chi connectivity index (χ0) is 21.1. The van der Waals surface area contributed by atoms with Gasteiger partial charge in [-0.2, -0.15) is 15.0 Å². The number of aromatic nitrogens is 4. The Morgan fingerprint density at radius 3 is 2.50 bits per heavy atom. The summed E-state index contributed by atoms with van der Waals surface area (Å²) in [5.74, 6) is 0.799. The van der Waals surface area contributed by atoms with E-state index in [2.05, 4.69) is 20.1 Å². The minimum Gasteiger partial charge on any atom is -0.384 e. The minimum absolute atomic E-state index is 0.0250. The van der Waals surface area contributed by atoms with Crippen molar-refractivity contribution in [2.75, 3.05) is 31.1 Å². The lowest BCUT2D eigenvalue weighted by Crippen LogP contribution is -2.36. The van der Waals surface area contributed by atoms with Crippen molar-refractivity contribution in [1.29, 1.82) is 0 Å². The van der Waals surface area contributed by atoms with Crippen LogP contribution in [0.15, 0.2) is 54.9 Å². The summed E-state index contributed by atoms with van der Waals surface area (Å²) in [5.41, 5.74) is 0.906. The second-order valence-corrected chi connectivity index (χ2v) is 7.91. The van der Waals surface area contributed by atoms with Crippen LogP contribution in [0, 0.1) is 0 Å². The number of nitrogens with zero attached hydrogens (tertiary/aromatic N) is 6. The summed E-state index contributed by atoms with van der Waals surface area (Å²) in [5, 5.41) is 18.6. The maximum absolute atomic E-state index is 13.3. The first-order valence-corrected chi connectivity index (χ1v) is 10.1. The van der Waals surface area contributed by atoms with Gasteiger partial charge in [0.25, 0.3) is 5.91 Å². The van der Waals surface area contributed by atoms with E-state index < -0.39 is 5.60 Å². The van der Waals surface area contributed by atoms with Crippen LogP contribution in [0.2, 0.25) is 0 Å². The van der Waals surface area contributed by atoms with E-state index in [0.29, 0.717) is 36.6 Å². The lowest BCUT2D eigenvalue weighted by atomic mass is 10.1. The molecule has 30 heavy (non-hydrogen) atoms. The summed E-state index contributed by atoms with van der Waals surface area (Å²) in [4.78, 5) is 23.4. The molecule has 0 spiro atoms. The summed E-state index contributed by atoms with van der Waals surface area (Å²) in [7, 11) is 0. The number of amides is 1. The first-order chi connectivity index (χ1) is 14.4. The van der Waals surface area contributed by atoms with Crippen molar-refractivity contribution in [2.24, 2.45) is 0 Å². The standard InChI is InChI=1S/C22H26N6O2/c1-22(2,30)19-9-5-10-20(25-19)26-13-6-14-27(16-15-26)21(29)17-7-3-4-8-18(17)28-23-11-12-24-28/h3-5,7-12,30H,6,13-16H2,1-2H3. The van der Waals surface area contributed by atoms with E-state index >= 15 is 0 Å². The van der Waals surface area contributed by atoms with Crippen LogP contribution in [0.3, 0.4) is 0 Å². The van der Waals surface area contributed by atoms with Gasteiger partial charge in [0, 0.05) is 26.2 Å². The Labute approximate surface area is 175 Å². The van der Waals surface area contributed by atoms with Crippen LogP contribution < -0.4 is 4.90 Å². The first-order valence-electron chi connectivity index (χ1n) is 10.1. The van der Waals surface area contributed by atoms with Gasteiger partial charge in [-0.1, -0.05) is 18.2 Å². The van der Waals surface area contributed by atoms with E-state index in [4.69, 9.17) is 0 Å². The molecule has 2 aromatic heterocycles. The van der Waals surface area contributed by atoms with Gasteiger partial charge < -0.3 is 14.9 Å². The van der Waals surface area contributed by atoms with Crippen molar-refractivity contribution in [3.05, 3.63) is 66.1 Å². The molecule has 3 heterocycles. The molecule has 0 unspecified atom stereocenters. The van der Waals surface area contributed by atoms with Gasteiger partial charge in [0.2, 0.25) is 0 Å². The van der Waals surface area contributed by atoms with E-state index in [1.807, 2.05) is 47.4 Å². The van der Waals surface area contributed by atoms with Gasteiger partial charge >= 0.3 is 0 Å². The molecule has 1 aliphatic heterocycles. The lowest BCUT2D eigenvalue weighted by Gasteiger charge is -2.25. The predicted octanol–water partition coefficient (Wildman–Crippen LogP) is 2.24. The number of rotatable bonds is 4. The molecule has 1 aromatic carbocycles. The third kappa shape index (κ3) is 4.18. The Morgan fingerprint density at radius 1 is 0.967 bits per heavy atom. The molecule has 1 fully saturated rings. The fraction of sp³-hybridized carbons (Fsp3) is 0.364. The zero-order valence-electron chi connectivity index (χ0n) is 17.3. The van der Waals surface area contributed by atoms with Crippen molar-refractivity contribution < 1.29 is 9.90 Å². The number of benzene rings is 1. The van der Waals surface area contributed by atoms with E-state index in [-0.39, 0.29) is 5.91 Å². The molecule has 1 N–H and O–H groups in total. The monoisotopic (exact) mass is 406 g/mol. The molecule has 156 valence electrons. The summed E-state index contributed by atoms with van der Waals surface area (Å²) in [6.45, 7) is 6.20. The first kappa shape index (κ1) is 20.0. The molecular formula is C22H26N6O2. The highest BCUT2D eigenvalue weighted by atomic mass is 16.3. The Kier molecular flexibility index (Phi) is 5.50. The molecule has 0 atom stereocenters. The number of para-hydroxylation sites is 1. The zero-order valence-corrected chi connectivity index (χ0v) is 17.3. The second-order valence-electron chi connectivity index (χ2n) is 7.91. The molecule has 1 saturated heterocycles. The number of anilines is 1. The maximum Gasteiger partial charge on any atom is 0.256 e. The average Bonchev–Trinajstić information content (AvgIpc) is 3.17. The number of pyridine rings is 1. The second kappa shape index (κ2) is 8.23. The van der Waals surface area contributed by atoms with Crippen molar-refractivity contribution in [1.82, 2.24) is 24.9 Å². The summed E-state index contributed by atoms with van der Waals surface area (Å²) in [6, 6.07) is 13.1. The van der Waals surface area contributed by atoms with Crippen molar-refractivity contribution in [2.45, 2.75) is 25.9 Å². The minimum atomic E-state index is -0.992. The molecule has 0 aliphatic carbocycles. The number of hydrogen-bond acceptors (Lipinski definition) is 6. The molecule has 8 nitrogen and oxygen atoms in total. The van der Waals surface area contributed by atoms with Gasteiger partial charge in [-0.15, -0.1) is 0 Å². The summed E-state index contributed by atoms with van der Waals surface area (Å²) >= 11 is 0. The van der Waals surface area contributed by atoms with Gasteiger partial charge in [0.05, 0.1) is 29.3 Å². The maximum atomic E-state index is 13.3. The SMILES string of the molecule is CC(C)(O)c1cccc(N2CCCN(C(=O)c3ccccc3-n3nccn3)CC2)n1. The van der Waals surface area contributed by atoms with Crippen LogP contribution in [0.1, 0.15) is 36.3 Å². The number of carbonyl (C=O) groups excluding carboxylic acids is 1. The predicted molar refractivity (Wildman–Crippen MR) is 114 cm³/mol. The third-order valence-corrected chi connectivity index (χ3v) is 5.24. The highest BCUT2D eigenvalue weighted by molar-refractivity contribution is 5.97. The summed E-state index contributed by atoms with van der Waals surface area (Å²) < 4.78 is 0. The smallest absolute Gasteiger partial charge is 0.256 e. The van der Waals surface area contributed by atoms with Crippen LogP contribution in [0.25, 0.3) is 5.69 Å². The van der Waals surface area contributed by atoms with E-state index in [1.54, 1.807) is 26.2 Å². The van der Waals surface area contributed by atoms with Crippen molar-refractivity contribution >= 4 is 11.7 Å². The molecule has 0 bridgehead atoms. The Hall–Kier alpha value is -3.26. The normalized spacial score (nSPS) is 15.2. The molecule has 3 aromatic rings. The molecule has 1 amide bonds. The van der Waals surface area contributed by atoms with Crippen molar-refractivity contribution in [3.63, 3.8) is 0 Å². The van der Waals surface area contributed by atoms with Gasteiger partial charge in [0.15, 0.2) is 0 Å². The van der Waals surface area contributed by atoms with Crippen LogP contribution >= 0.6 is 0 Å². The van der Waals surface area contributed by atoms with Crippen LogP contribution in [-0.4, -0.2) is 62.1 Å². The molecular weight excluding hydrogens is 380 g/mol. The summed E-state index contributed by atoms with van der Waals surface area (Å²) in [6.07, 6.45) is 4.03. The van der Waals surface area contributed by atoms with E-state index in [1.165, 1.54) is 4.80 Å². The fourth-order valence-corrected chi connectivity index (χ4v) is 3.63. The Balaban J connectivity index is 1.51. The molecule has 4 rings (SSSR count). The van der Waals surface area contributed by atoms with Gasteiger partial charge in [-0.25, -0.2) is 4.98 Å².